The SMILES string of the molecule is Cc1ccc(S(=O)(=O)N2CCCC[C@@H]2C(=O)Nc2cc(F)ccc2C)cc1. The molecule has 0 spiro atoms. The molecule has 0 radical (unpaired) electrons. The number of carbonyl (C=O) groups excluding carboxylic acids is 1. The predicted molar refractivity (Wildman–Crippen MR) is 102 cm³/mol. The fourth-order valence-electron chi connectivity index (χ4n) is 3.25. The van der Waals surface area contributed by atoms with Crippen molar-refractivity contribution in [2.24, 2.45) is 0 Å². The van der Waals surface area contributed by atoms with Crippen molar-refractivity contribution < 1.29 is 17.6 Å². The van der Waals surface area contributed by atoms with Crippen LogP contribution in [-0.4, -0.2) is 31.2 Å². The first kappa shape index (κ1) is 19.5. The second kappa shape index (κ2) is 7.78. The number of nitrogens with one attached hydrogen (secondary N) is 1. The molecule has 1 aliphatic heterocycles. The van der Waals surface area contributed by atoms with E-state index in [2.05, 4.69) is 5.32 Å². The third-order valence-electron chi connectivity index (χ3n) is 4.84. The minimum atomic E-state index is -3.79. The Balaban J connectivity index is 1.87. The summed E-state index contributed by atoms with van der Waals surface area (Å²) in [7, 11) is -3.79. The van der Waals surface area contributed by atoms with E-state index in [1.54, 1.807) is 37.3 Å². The maximum atomic E-state index is 13.5. The number of amides is 1. The zero-order valence-corrected chi connectivity index (χ0v) is 16.2. The topological polar surface area (TPSA) is 66.5 Å². The van der Waals surface area contributed by atoms with E-state index in [0.717, 1.165) is 12.0 Å². The molecule has 1 amide bonds. The molecule has 0 saturated carbocycles. The molecule has 0 bridgehead atoms. The van der Waals surface area contributed by atoms with Crippen LogP contribution in [0.1, 0.15) is 30.4 Å². The molecule has 2 aromatic rings. The van der Waals surface area contributed by atoms with Crippen molar-refractivity contribution >= 4 is 21.6 Å². The minimum Gasteiger partial charge on any atom is -0.324 e. The molecule has 0 aromatic heterocycles. The van der Waals surface area contributed by atoms with Crippen LogP contribution in [0.25, 0.3) is 0 Å². The molecule has 27 heavy (non-hydrogen) atoms. The van der Waals surface area contributed by atoms with Crippen molar-refractivity contribution in [2.75, 3.05) is 11.9 Å². The number of sulfonamides is 1. The van der Waals surface area contributed by atoms with E-state index in [1.165, 1.54) is 16.4 Å². The van der Waals surface area contributed by atoms with E-state index in [-0.39, 0.29) is 11.4 Å². The van der Waals surface area contributed by atoms with E-state index < -0.39 is 27.8 Å². The van der Waals surface area contributed by atoms with Crippen molar-refractivity contribution in [3.63, 3.8) is 0 Å². The molecule has 1 N–H and O–H groups in total. The summed E-state index contributed by atoms with van der Waals surface area (Å²) in [5.41, 5.74) is 2.04. The first-order chi connectivity index (χ1) is 12.8. The van der Waals surface area contributed by atoms with Crippen LogP contribution >= 0.6 is 0 Å². The van der Waals surface area contributed by atoms with Crippen LogP contribution in [-0.2, 0) is 14.8 Å². The van der Waals surface area contributed by atoms with E-state index in [9.17, 15) is 17.6 Å². The standard InChI is InChI=1S/C20H23FN2O3S/c1-14-6-10-17(11-7-14)27(25,26)23-12-4-3-5-19(23)20(24)22-18-13-16(21)9-8-15(18)2/h6-11,13,19H,3-5,12H2,1-2H3,(H,22,24)/t19-/m1/s1. The highest BCUT2D eigenvalue weighted by molar-refractivity contribution is 7.89. The van der Waals surface area contributed by atoms with Gasteiger partial charge in [-0.1, -0.05) is 30.2 Å². The van der Waals surface area contributed by atoms with Gasteiger partial charge in [0.1, 0.15) is 11.9 Å². The number of hydrogen-bond acceptors (Lipinski definition) is 3. The number of hydrogen-bond donors (Lipinski definition) is 1. The van der Waals surface area contributed by atoms with Gasteiger partial charge in [-0.2, -0.15) is 4.31 Å². The van der Waals surface area contributed by atoms with Crippen molar-refractivity contribution in [2.45, 2.75) is 44.0 Å². The van der Waals surface area contributed by atoms with Gasteiger partial charge < -0.3 is 5.32 Å². The average Bonchev–Trinajstić information content (AvgIpc) is 2.65. The summed E-state index contributed by atoms with van der Waals surface area (Å²) in [5, 5.41) is 2.70. The van der Waals surface area contributed by atoms with Gasteiger partial charge in [0.15, 0.2) is 0 Å². The summed E-state index contributed by atoms with van der Waals surface area (Å²) in [4.78, 5) is 13.0. The largest absolute Gasteiger partial charge is 0.324 e. The molecule has 1 aliphatic rings. The second-order valence-corrected chi connectivity index (χ2v) is 8.78. The van der Waals surface area contributed by atoms with Gasteiger partial charge in [-0.05, 0) is 56.5 Å². The van der Waals surface area contributed by atoms with Crippen molar-refractivity contribution in [3.8, 4) is 0 Å². The van der Waals surface area contributed by atoms with E-state index >= 15 is 0 Å². The lowest BCUT2D eigenvalue weighted by molar-refractivity contribution is -0.120. The van der Waals surface area contributed by atoms with E-state index in [0.29, 0.717) is 24.1 Å². The fraction of sp³-hybridized carbons (Fsp3) is 0.350. The molecule has 1 atom stereocenters. The molecule has 3 rings (SSSR count). The summed E-state index contributed by atoms with van der Waals surface area (Å²) in [6, 6.07) is 9.93. The van der Waals surface area contributed by atoms with Crippen LogP contribution in [0.5, 0.6) is 0 Å². The number of aryl methyl sites for hydroxylation is 2. The molecule has 1 heterocycles. The lowest BCUT2D eigenvalue weighted by Gasteiger charge is -2.33. The van der Waals surface area contributed by atoms with Crippen molar-refractivity contribution in [1.82, 2.24) is 4.31 Å². The average molecular weight is 390 g/mol. The lowest BCUT2D eigenvalue weighted by Crippen LogP contribution is -2.49. The Bertz CT molecular complexity index is 942. The first-order valence-corrected chi connectivity index (χ1v) is 10.4. The van der Waals surface area contributed by atoms with Gasteiger partial charge in [0.2, 0.25) is 15.9 Å². The molecule has 1 fully saturated rings. The van der Waals surface area contributed by atoms with Gasteiger partial charge in [-0.15, -0.1) is 0 Å². The van der Waals surface area contributed by atoms with E-state index in [1.807, 2.05) is 6.92 Å². The Hall–Kier alpha value is -2.25. The van der Waals surface area contributed by atoms with Crippen LogP contribution in [0.3, 0.4) is 0 Å². The molecular formula is C20H23FN2O3S. The second-order valence-electron chi connectivity index (χ2n) is 6.89. The molecule has 1 saturated heterocycles. The Morgan fingerprint density at radius 3 is 2.52 bits per heavy atom. The van der Waals surface area contributed by atoms with Crippen molar-refractivity contribution in [1.29, 1.82) is 0 Å². The van der Waals surface area contributed by atoms with Crippen molar-refractivity contribution in [3.05, 3.63) is 59.4 Å². The van der Waals surface area contributed by atoms with Gasteiger partial charge in [-0.3, -0.25) is 4.79 Å². The summed E-state index contributed by atoms with van der Waals surface area (Å²) >= 11 is 0. The summed E-state index contributed by atoms with van der Waals surface area (Å²) in [6.45, 7) is 3.93. The Labute approximate surface area is 159 Å². The minimum absolute atomic E-state index is 0.176. The highest BCUT2D eigenvalue weighted by Gasteiger charge is 2.37. The maximum absolute atomic E-state index is 13.5. The number of halogens is 1. The zero-order chi connectivity index (χ0) is 19.6. The normalized spacial score (nSPS) is 18.3. The number of piperidine rings is 1. The predicted octanol–water partition coefficient (Wildman–Crippen LogP) is 3.62. The monoisotopic (exact) mass is 390 g/mol. The van der Waals surface area contributed by atoms with Crippen LogP contribution in [0, 0.1) is 19.7 Å². The number of nitrogens with zero attached hydrogens (tertiary/aromatic N) is 1. The Morgan fingerprint density at radius 1 is 1.11 bits per heavy atom. The number of benzene rings is 2. The third kappa shape index (κ3) is 4.20. The van der Waals surface area contributed by atoms with Crippen LogP contribution in [0.2, 0.25) is 0 Å². The smallest absolute Gasteiger partial charge is 0.243 e. The van der Waals surface area contributed by atoms with E-state index in [4.69, 9.17) is 0 Å². The quantitative estimate of drug-likeness (QED) is 0.867. The number of anilines is 1. The first-order valence-electron chi connectivity index (χ1n) is 8.94. The van der Waals surface area contributed by atoms with Gasteiger partial charge in [0, 0.05) is 12.2 Å². The highest BCUT2D eigenvalue weighted by atomic mass is 32.2. The molecule has 5 nitrogen and oxygen atoms in total. The molecule has 0 aliphatic carbocycles. The molecular weight excluding hydrogens is 367 g/mol. The maximum Gasteiger partial charge on any atom is 0.243 e. The van der Waals surface area contributed by atoms with Gasteiger partial charge in [0.05, 0.1) is 4.90 Å². The fourth-order valence-corrected chi connectivity index (χ4v) is 4.90. The summed E-state index contributed by atoms with van der Waals surface area (Å²) in [6.07, 6.45) is 1.90. The zero-order valence-electron chi connectivity index (χ0n) is 15.4. The Kier molecular flexibility index (Phi) is 5.62. The highest BCUT2D eigenvalue weighted by Crippen LogP contribution is 2.27. The number of rotatable bonds is 4. The number of carbonyl (C=O) groups is 1. The summed E-state index contributed by atoms with van der Waals surface area (Å²) < 4.78 is 40.9. The molecule has 144 valence electrons. The lowest BCUT2D eigenvalue weighted by atomic mass is 10.0. The Morgan fingerprint density at radius 2 is 1.81 bits per heavy atom. The van der Waals surface area contributed by atoms with Crippen LogP contribution < -0.4 is 5.32 Å². The van der Waals surface area contributed by atoms with Gasteiger partial charge in [-0.25, -0.2) is 12.8 Å². The molecule has 2 aromatic carbocycles. The third-order valence-corrected chi connectivity index (χ3v) is 6.76. The van der Waals surface area contributed by atoms with Gasteiger partial charge >= 0.3 is 0 Å². The van der Waals surface area contributed by atoms with Crippen LogP contribution in [0.15, 0.2) is 47.4 Å². The van der Waals surface area contributed by atoms with Crippen LogP contribution in [0.4, 0.5) is 10.1 Å². The van der Waals surface area contributed by atoms with Gasteiger partial charge in [0.25, 0.3) is 0 Å². The summed E-state index contributed by atoms with van der Waals surface area (Å²) in [5.74, 6) is -0.886. The molecule has 7 heteroatoms. The molecule has 0 unspecified atom stereocenters.